The molecular weight excluding hydrogens is 305 g/mol. The van der Waals surface area contributed by atoms with Crippen molar-refractivity contribution in [2.24, 2.45) is 0 Å². The van der Waals surface area contributed by atoms with Gasteiger partial charge in [0.2, 0.25) is 0 Å². The molecule has 0 aliphatic rings. The van der Waals surface area contributed by atoms with Gasteiger partial charge in [-0.25, -0.2) is 0 Å². The van der Waals surface area contributed by atoms with E-state index in [4.69, 9.17) is 0 Å². The van der Waals surface area contributed by atoms with Crippen molar-refractivity contribution in [2.75, 3.05) is 5.75 Å². The number of hydrogen-bond acceptors (Lipinski definition) is 4. The maximum atomic E-state index is 12.6. The monoisotopic (exact) mass is 322 g/mol. The van der Waals surface area contributed by atoms with Gasteiger partial charge in [-0.05, 0) is 36.6 Å². The third-order valence-electron chi connectivity index (χ3n) is 3.00. The average Bonchev–Trinajstić information content (AvgIpc) is 2.36. The first-order valence-electron chi connectivity index (χ1n) is 6.30. The zero-order valence-corrected chi connectivity index (χ0v) is 12.5. The predicted octanol–water partition coefficient (Wildman–Crippen LogP) is 3.08. The summed E-state index contributed by atoms with van der Waals surface area (Å²) in [5, 5.41) is 19.7. The molecule has 2 atom stereocenters. The summed E-state index contributed by atoms with van der Waals surface area (Å²) in [6.07, 6.45) is -6.68. The van der Waals surface area contributed by atoms with Crippen LogP contribution in [-0.4, -0.2) is 27.2 Å². The molecule has 0 spiro atoms. The van der Waals surface area contributed by atoms with Crippen LogP contribution in [0.25, 0.3) is 0 Å². The van der Waals surface area contributed by atoms with E-state index in [1.807, 2.05) is 0 Å². The van der Waals surface area contributed by atoms with Gasteiger partial charge in [-0.3, -0.25) is 4.79 Å². The molecule has 0 radical (unpaired) electrons. The second kappa shape index (κ2) is 7.29. The molecule has 0 aliphatic heterocycles. The minimum absolute atomic E-state index is 0.0950. The number of rotatable bonds is 5. The highest BCUT2D eigenvalue weighted by atomic mass is 32.2. The molecule has 0 bridgehead atoms. The number of thioether (sulfide) groups is 1. The largest absolute Gasteiger partial charge is 0.416 e. The van der Waals surface area contributed by atoms with Crippen LogP contribution in [0.2, 0.25) is 0 Å². The number of carbonyl (C=O) groups excluding carboxylic acids is 1. The van der Waals surface area contributed by atoms with Crippen molar-refractivity contribution in [2.45, 2.75) is 38.7 Å². The normalized spacial score (nSPS) is 14.8. The van der Waals surface area contributed by atoms with Crippen LogP contribution in [0.3, 0.4) is 0 Å². The predicted molar refractivity (Wildman–Crippen MR) is 74.9 cm³/mol. The molecular formula is C14H17F3O3S. The molecule has 0 saturated heterocycles. The second-order valence-electron chi connectivity index (χ2n) is 4.71. The van der Waals surface area contributed by atoms with E-state index in [9.17, 15) is 28.2 Å². The molecule has 0 heterocycles. The molecule has 0 saturated carbocycles. The lowest BCUT2D eigenvalue weighted by Crippen LogP contribution is -2.20. The summed E-state index contributed by atoms with van der Waals surface area (Å²) in [5.41, 5.74) is -0.281. The van der Waals surface area contributed by atoms with Gasteiger partial charge in [0.1, 0.15) is 6.10 Å². The smallest absolute Gasteiger partial charge is 0.390 e. The molecule has 1 aromatic rings. The van der Waals surface area contributed by atoms with E-state index in [0.29, 0.717) is 5.75 Å². The van der Waals surface area contributed by atoms with Gasteiger partial charge < -0.3 is 10.2 Å². The molecule has 118 valence electrons. The Morgan fingerprint density at radius 1 is 1.33 bits per heavy atom. The number of hydrogen-bond donors (Lipinski definition) is 2. The van der Waals surface area contributed by atoms with Crippen LogP contribution in [0.15, 0.2) is 18.2 Å². The van der Waals surface area contributed by atoms with Gasteiger partial charge in [0, 0.05) is 12.7 Å². The van der Waals surface area contributed by atoms with Crippen molar-refractivity contribution < 1.29 is 28.2 Å². The summed E-state index contributed by atoms with van der Waals surface area (Å²) in [6, 6.07) is 2.99. The molecule has 1 rings (SSSR count). The summed E-state index contributed by atoms with van der Waals surface area (Å²) in [5.74, 6) is 0.341. The first-order chi connectivity index (χ1) is 9.62. The Morgan fingerprint density at radius 2 is 1.95 bits per heavy atom. The van der Waals surface area contributed by atoms with Gasteiger partial charge in [0.15, 0.2) is 5.12 Å². The van der Waals surface area contributed by atoms with Crippen LogP contribution in [0.1, 0.15) is 36.1 Å². The highest BCUT2D eigenvalue weighted by molar-refractivity contribution is 8.13. The molecule has 0 fully saturated rings. The molecule has 0 amide bonds. The fourth-order valence-electron chi connectivity index (χ4n) is 1.87. The van der Waals surface area contributed by atoms with Gasteiger partial charge >= 0.3 is 6.18 Å². The van der Waals surface area contributed by atoms with Crippen molar-refractivity contribution in [3.05, 3.63) is 34.9 Å². The Balaban J connectivity index is 2.78. The van der Waals surface area contributed by atoms with Gasteiger partial charge in [-0.1, -0.05) is 17.8 Å². The average molecular weight is 322 g/mol. The fraction of sp³-hybridized carbons (Fsp3) is 0.500. The van der Waals surface area contributed by atoms with E-state index < -0.39 is 23.9 Å². The first kappa shape index (κ1) is 18.0. The molecule has 2 N–H and O–H groups in total. The summed E-state index contributed by atoms with van der Waals surface area (Å²) in [4.78, 5) is 10.8. The van der Waals surface area contributed by atoms with Crippen LogP contribution >= 0.6 is 11.8 Å². The molecule has 7 heteroatoms. The fourth-order valence-corrected chi connectivity index (χ4v) is 2.52. The van der Waals surface area contributed by atoms with Crippen LogP contribution < -0.4 is 0 Å². The lowest BCUT2D eigenvalue weighted by molar-refractivity contribution is -0.137. The van der Waals surface area contributed by atoms with E-state index in [-0.39, 0.29) is 22.7 Å². The Hall–Kier alpha value is -1.05. The van der Waals surface area contributed by atoms with Crippen molar-refractivity contribution in [1.82, 2.24) is 0 Å². The van der Waals surface area contributed by atoms with Gasteiger partial charge in [-0.2, -0.15) is 13.2 Å². The molecule has 0 aromatic heterocycles. The lowest BCUT2D eigenvalue weighted by Gasteiger charge is -2.20. The number of aryl methyl sites for hydroxylation is 1. The van der Waals surface area contributed by atoms with Gasteiger partial charge in [0.05, 0.1) is 11.7 Å². The van der Waals surface area contributed by atoms with E-state index in [2.05, 4.69) is 0 Å². The number of benzene rings is 1. The van der Waals surface area contributed by atoms with Gasteiger partial charge in [-0.15, -0.1) is 0 Å². The van der Waals surface area contributed by atoms with Gasteiger partial charge in [0.25, 0.3) is 0 Å². The SMILES string of the molecule is CC(=O)SCCC(O)C(O)c1ccc(C(F)(F)F)cc1C. The molecule has 0 aliphatic carbocycles. The number of aliphatic hydroxyl groups excluding tert-OH is 2. The maximum absolute atomic E-state index is 12.6. The van der Waals surface area contributed by atoms with Crippen LogP contribution in [-0.2, 0) is 11.0 Å². The zero-order valence-electron chi connectivity index (χ0n) is 11.6. The number of carbonyl (C=O) groups is 1. The third kappa shape index (κ3) is 5.33. The first-order valence-corrected chi connectivity index (χ1v) is 7.28. The topological polar surface area (TPSA) is 57.5 Å². The maximum Gasteiger partial charge on any atom is 0.416 e. The van der Waals surface area contributed by atoms with E-state index >= 15 is 0 Å². The molecule has 1 aromatic carbocycles. The highest BCUT2D eigenvalue weighted by Crippen LogP contribution is 2.32. The number of halogens is 3. The summed E-state index contributed by atoms with van der Waals surface area (Å²) in [6.45, 7) is 2.85. The van der Waals surface area contributed by atoms with Crippen molar-refractivity contribution in [3.63, 3.8) is 0 Å². The van der Waals surface area contributed by atoms with E-state index in [0.717, 1.165) is 23.9 Å². The Labute approximate surface area is 125 Å². The third-order valence-corrected chi connectivity index (χ3v) is 3.85. The molecule has 3 nitrogen and oxygen atoms in total. The lowest BCUT2D eigenvalue weighted by atomic mass is 9.96. The second-order valence-corrected chi connectivity index (χ2v) is 5.98. The minimum Gasteiger partial charge on any atom is -0.390 e. The van der Waals surface area contributed by atoms with Crippen LogP contribution in [0, 0.1) is 6.92 Å². The summed E-state index contributed by atoms with van der Waals surface area (Å²) < 4.78 is 37.7. The number of aliphatic hydroxyl groups is 2. The standard InChI is InChI=1S/C14H17F3O3S/c1-8-7-10(14(15,16)17)3-4-11(8)13(20)12(19)5-6-21-9(2)18/h3-4,7,12-13,19-20H,5-6H2,1-2H3. The highest BCUT2D eigenvalue weighted by Gasteiger charge is 2.31. The minimum atomic E-state index is -4.44. The van der Waals surface area contributed by atoms with Crippen LogP contribution in [0.4, 0.5) is 13.2 Å². The quantitative estimate of drug-likeness (QED) is 0.875. The van der Waals surface area contributed by atoms with E-state index in [1.165, 1.54) is 19.9 Å². The molecule has 21 heavy (non-hydrogen) atoms. The van der Waals surface area contributed by atoms with Crippen LogP contribution in [0.5, 0.6) is 0 Å². The van der Waals surface area contributed by atoms with E-state index in [1.54, 1.807) is 0 Å². The number of alkyl halides is 3. The zero-order chi connectivity index (χ0) is 16.2. The Morgan fingerprint density at radius 3 is 2.43 bits per heavy atom. The van der Waals surface area contributed by atoms with Crippen molar-refractivity contribution in [1.29, 1.82) is 0 Å². The van der Waals surface area contributed by atoms with Crippen molar-refractivity contribution >= 4 is 16.9 Å². The summed E-state index contributed by atoms with van der Waals surface area (Å²) >= 11 is 1.02. The van der Waals surface area contributed by atoms with Crippen molar-refractivity contribution in [3.8, 4) is 0 Å². The Bertz CT molecular complexity index is 503. The summed E-state index contributed by atoms with van der Waals surface area (Å²) in [7, 11) is 0. The molecule has 2 unspecified atom stereocenters. The Kier molecular flexibility index (Phi) is 6.24.